The van der Waals surface area contributed by atoms with Gasteiger partial charge in [-0.3, -0.25) is 9.59 Å². The molecule has 1 saturated heterocycles. The van der Waals surface area contributed by atoms with E-state index in [4.69, 9.17) is 14.6 Å². The minimum absolute atomic E-state index is 0.0507. The van der Waals surface area contributed by atoms with Crippen LogP contribution in [0.5, 0.6) is 0 Å². The second-order valence-corrected chi connectivity index (χ2v) is 9.09. The SMILES string of the molecule is C[C@@H](CC(=O)O)NC(=O)C1(CNC(=O)OCC2c3ccccc3-c3ccccc32)CCCOC1. The van der Waals surface area contributed by atoms with Gasteiger partial charge in [-0.2, -0.15) is 0 Å². The first-order valence-corrected chi connectivity index (χ1v) is 11.6. The van der Waals surface area contributed by atoms with Crippen molar-refractivity contribution in [1.29, 1.82) is 0 Å². The van der Waals surface area contributed by atoms with E-state index in [1.165, 1.54) is 0 Å². The van der Waals surface area contributed by atoms with E-state index in [0.29, 0.717) is 19.4 Å². The minimum atomic E-state index is -0.987. The number of hydrogen-bond acceptors (Lipinski definition) is 5. The van der Waals surface area contributed by atoms with E-state index >= 15 is 0 Å². The first kappa shape index (κ1) is 23.8. The van der Waals surface area contributed by atoms with Gasteiger partial charge in [0.05, 0.1) is 18.4 Å². The van der Waals surface area contributed by atoms with Crippen LogP contribution < -0.4 is 10.6 Å². The molecule has 0 saturated carbocycles. The topological polar surface area (TPSA) is 114 Å². The van der Waals surface area contributed by atoms with Crippen molar-refractivity contribution in [1.82, 2.24) is 10.6 Å². The van der Waals surface area contributed by atoms with Crippen LogP contribution in [0.3, 0.4) is 0 Å². The highest BCUT2D eigenvalue weighted by molar-refractivity contribution is 5.84. The number of hydrogen-bond donors (Lipinski definition) is 3. The molecule has 1 unspecified atom stereocenters. The molecule has 180 valence electrons. The maximum Gasteiger partial charge on any atom is 0.407 e. The lowest BCUT2D eigenvalue weighted by Crippen LogP contribution is -2.54. The zero-order chi connectivity index (χ0) is 24.1. The van der Waals surface area contributed by atoms with Gasteiger partial charge in [-0.05, 0) is 42.0 Å². The van der Waals surface area contributed by atoms with Crippen LogP contribution in [0.15, 0.2) is 48.5 Å². The number of aliphatic carboxylic acids is 1. The highest BCUT2D eigenvalue weighted by Crippen LogP contribution is 2.44. The number of carboxylic acid groups (broad SMARTS) is 1. The fourth-order valence-corrected chi connectivity index (χ4v) is 4.83. The summed E-state index contributed by atoms with van der Waals surface area (Å²) < 4.78 is 11.1. The zero-order valence-electron chi connectivity index (χ0n) is 19.2. The number of alkyl carbamates (subject to hydrolysis) is 1. The van der Waals surface area contributed by atoms with E-state index in [0.717, 1.165) is 22.3 Å². The molecule has 0 spiro atoms. The molecule has 2 atom stereocenters. The zero-order valence-corrected chi connectivity index (χ0v) is 19.2. The summed E-state index contributed by atoms with van der Waals surface area (Å²) in [5.74, 6) is -1.36. The number of rotatable bonds is 8. The molecule has 8 nitrogen and oxygen atoms in total. The number of benzene rings is 2. The molecule has 2 amide bonds. The molecular formula is C26H30N2O6. The second kappa shape index (κ2) is 10.3. The molecule has 2 aromatic rings. The summed E-state index contributed by atoms with van der Waals surface area (Å²) in [7, 11) is 0. The number of carboxylic acids is 1. The Morgan fingerprint density at radius 2 is 1.76 bits per heavy atom. The molecule has 4 rings (SSSR count). The highest BCUT2D eigenvalue weighted by Gasteiger charge is 2.41. The Morgan fingerprint density at radius 1 is 1.12 bits per heavy atom. The molecule has 3 N–H and O–H groups in total. The average molecular weight is 467 g/mol. The van der Waals surface area contributed by atoms with Crippen LogP contribution in [0.25, 0.3) is 11.1 Å². The lowest BCUT2D eigenvalue weighted by molar-refractivity contribution is -0.140. The molecule has 34 heavy (non-hydrogen) atoms. The highest BCUT2D eigenvalue weighted by atomic mass is 16.5. The monoisotopic (exact) mass is 466 g/mol. The van der Waals surface area contributed by atoms with Gasteiger partial charge < -0.3 is 25.2 Å². The molecule has 8 heteroatoms. The minimum Gasteiger partial charge on any atom is -0.481 e. The van der Waals surface area contributed by atoms with Crippen molar-refractivity contribution in [2.24, 2.45) is 5.41 Å². The predicted octanol–water partition coefficient (Wildman–Crippen LogP) is 3.30. The fourth-order valence-electron chi connectivity index (χ4n) is 4.83. The molecular weight excluding hydrogens is 436 g/mol. The van der Waals surface area contributed by atoms with Crippen LogP contribution in [-0.2, 0) is 19.1 Å². The summed E-state index contributed by atoms with van der Waals surface area (Å²) in [5, 5.41) is 14.5. The number of amides is 2. The molecule has 1 heterocycles. The number of carbonyl (C=O) groups excluding carboxylic acids is 2. The maximum atomic E-state index is 13.0. The van der Waals surface area contributed by atoms with E-state index in [1.54, 1.807) is 6.92 Å². The summed E-state index contributed by atoms with van der Waals surface area (Å²) in [6, 6.07) is 15.7. The molecule has 2 aromatic carbocycles. The number of ether oxygens (including phenoxy) is 2. The first-order valence-electron chi connectivity index (χ1n) is 11.6. The van der Waals surface area contributed by atoms with Gasteiger partial charge in [-0.1, -0.05) is 48.5 Å². The molecule has 0 aromatic heterocycles. The maximum absolute atomic E-state index is 13.0. The standard InChI is InChI=1S/C26H30N2O6/c1-17(13-23(29)30)28-24(31)26(11-6-12-33-16-26)15-27-25(32)34-14-22-20-9-4-2-7-18(20)19-8-3-5-10-21(19)22/h2-5,7-10,17,22H,6,11-16H2,1H3,(H,27,32)(H,28,31)(H,29,30)/t17-,26?/m0/s1. The summed E-state index contributed by atoms with van der Waals surface area (Å²) in [4.78, 5) is 36.6. The van der Waals surface area contributed by atoms with Gasteiger partial charge in [0.2, 0.25) is 5.91 Å². The third kappa shape index (κ3) is 5.07. The lowest BCUT2D eigenvalue weighted by atomic mass is 9.81. The average Bonchev–Trinajstić information content (AvgIpc) is 3.15. The summed E-state index contributed by atoms with van der Waals surface area (Å²) in [6.07, 6.45) is 0.427. The van der Waals surface area contributed by atoms with Crippen LogP contribution in [-0.4, -0.2) is 55.5 Å². The molecule has 1 aliphatic heterocycles. The van der Waals surface area contributed by atoms with Gasteiger partial charge in [-0.15, -0.1) is 0 Å². The van der Waals surface area contributed by atoms with Crippen molar-refractivity contribution < 1.29 is 29.0 Å². The van der Waals surface area contributed by atoms with Gasteiger partial charge in [0.15, 0.2) is 0 Å². The number of carbonyl (C=O) groups is 3. The Labute approximate surface area is 198 Å². The first-order chi connectivity index (χ1) is 16.4. The molecule has 0 bridgehead atoms. The van der Waals surface area contributed by atoms with Crippen molar-refractivity contribution in [2.45, 2.75) is 38.1 Å². The number of fused-ring (bicyclic) bond motifs is 3. The van der Waals surface area contributed by atoms with E-state index in [-0.39, 0.29) is 38.0 Å². The van der Waals surface area contributed by atoms with Crippen molar-refractivity contribution in [2.75, 3.05) is 26.4 Å². The smallest absolute Gasteiger partial charge is 0.407 e. The third-order valence-electron chi connectivity index (χ3n) is 6.58. The second-order valence-electron chi connectivity index (χ2n) is 9.09. The van der Waals surface area contributed by atoms with Crippen molar-refractivity contribution >= 4 is 18.0 Å². The predicted molar refractivity (Wildman–Crippen MR) is 125 cm³/mol. The van der Waals surface area contributed by atoms with E-state index in [1.807, 2.05) is 24.3 Å². The van der Waals surface area contributed by atoms with E-state index < -0.39 is 23.5 Å². The molecule has 2 aliphatic rings. The normalized spacial score (nSPS) is 20.0. The Morgan fingerprint density at radius 3 is 2.35 bits per heavy atom. The van der Waals surface area contributed by atoms with Crippen molar-refractivity contribution in [3.8, 4) is 11.1 Å². The van der Waals surface area contributed by atoms with Crippen LogP contribution in [0.1, 0.15) is 43.2 Å². The van der Waals surface area contributed by atoms with Crippen LogP contribution >= 0.6 is 0 Å². The van der Waals surface area contributed by atoms with Crippen LogP contribution in [0.2, 0.25) is 0 Å². The molecule has 1 aliphatic carbocycles. The van der Waals surface area contributed by atoms with Gasteiger partial charge >= 0.3 is 12.1 Å². The molecule has 0 radical (unpaired) electrons. The Bertz CT molecular complexity index is 1020. The van der Waals surface area contributed by atoms with E-state index in [9.17, 15) is 14.4 Å². The summed E-state index contributed by atoms with van der Waals surface area (Å²) in [6.45, 7) is 2.58. The fraction of sp³-hybridized carbons (Fsp3) is 0.423. The van der Waals surface area contributed by atoms with Crippen LogP contribution in [0, 0.1) is 5.41 Å². The van der Waals surface area contributed by atoms with Crippen LogP contribution in [0.4, 0.5) is 4.79 Å². The largest absolute Gasteiger partial charge is 0.481 e. The quantitative estimate of drug-likeness (QED) is 0.550. The van der Waals surface area contributed by atoms with Crippen molar-refractivity contribution in [3.05, 3.63) is 59.7 Å². The molecule has 1 fully saturated rings. The van der Waals surface area contributed by atoms with Gasteiger partial charge in [-0.25, -0.2) is 4.79 Å². The van der Waals surface area contributed by atoms with E-state index in [2.05, 4.69) is 34.9 Å². The van der Waals surface area contributed by atoms with Crippen molar-refractivity contribution in [3.63, 3.8) is 0 Å². The Kier molecular flexibility index (Phi) is 7.17. The number of nitrogens with one attached hydrogen (secondary N) is 2. The lowest BCUT2D eigenvalue weighted by Gasteiger charge is -2.36. The third-order valence-corrected chi connectivity index (χ3v) is 6.58. The Balaban J connectivity index is 1.38. The summed E-state index contributed by atoms with van der Waals surface area (Å²) in [5.41, 5.74) is 3.59. The van der Waals surface area contributed by atoms with Gasteiger partial charge in [0.1, 0.15) is 6.61 Å². The Hall–Kier alpha value is -3.39. The van der Waals surface area contributed by atoms with Gasteiger partial charge in [0, 0.05) is 25.1 Å². The summed E-state index contributed by atoms with van der Waals surface area (Å²) >= 11 is 0. The van der Waals surface area contributed by atoms with Gasteiger partial charge in [0.25, 0.3) is 0 Å².